The molecule has 6 rings (SSSR count). The van der Waals surface area contributed by atoms with Crippen LogP contribution >= 0.6 is 0 Å². The second-order valence-electron chi connectivity index (χ2n) is 16.4. The van der Waals surface area contributed by atoms with Gasteiger partial charge in [-0.15, -0.1) is 0 Å². The topological polar surface area (TPSA) is 80.0 Å². The number of benzene rings is 4. The molecule has 4 aromatic carbocycles. The first-order chi connectivity index (χ1) is 26.5. The van der Waals surface area contributed by atoms with Crippen LogP contribution in [0.1, 0.15) is 87.7 Å². The standard InChI is InChI=1S/C24H33N3O.C23H31N3O/c1-24(2)19-26(3)18-22(21-15-8-5-9-16-21)27(24)23(28)25-17-11-10-14-20-12-6-4-7-13-20;1-23(2)18-24-17-21(20-14-7-4-8-15-20)26(23)22(27)25-16-10-9-13-19-11-5-3-6-12-19/h4-9,12-13,15-16,22H,10-11,14,17-19H2,1-3H3,(H,25,28);3-8,11-12,14-15,21,24H,9-10,13,16-18H2,1-2H3,(H,25,27). The highest BCUT2D eigenvalue weighted by atomic mass is 16.2. The van der Waals surface area contributed by atoms with E-state index < -0.39 is 0 Å². The Bertz CT molecular complexity index is 1720. The van der Waals surface area contributed by atoms with E-state index in [2.05, 4.69) is 145 Å². The summed E-state index contributed by atoms with van der Waals surface area (Å²) in [4.78, 5) is 32.6. The van der Waals surface area contributed by atoms with Crippen LogP contribution in [0, 0.1) is 0 Å². The van der Waals surface area contributed by atoms with Crippen LogP contribution in [0.25, 0.3) is 0 Å². The zero-order valence-electron chi connectivity index (χ0n) is 33.8. The zero-order chi connectivity index (χ0) is 39.1. The number of rotatable bonds is 12. The minimum Gasteiger partial charge on any atom is -0.338 e. The number of nitrogens with one attached hydrogen (secondary N) is 3. The third-order valence-electron chi connectivity index (χ3n) is 10.8. The van der Waals surface area contributed by atoms with Gasteiger partial charge in [0.2, 0.25) is 0 Å². The molecule has 8 heteroatoms. The van der Waals surface area contributed by atoms with Gasteiger partial charge in [0.15, 0.2) is 0 Å². The molecule has 2 unspecified atom stereocenters. The molecule has 294 valence electrons. The molecule has 8 nitrogen and oxygen atoms in total. The Morgan fingerprint density at radius 1 is 0.600 bits per heavy atom. The molecule has 2 heterocycles. The molecule has 0 aliphatic carbocycles. The lowest BCUT2D eigenvalue weighted by atomic mass is 9.92. The molecule has 2 fully saturated rings. The van der Waals surface area contributed by atoms with Crippen LogP contribution in [-0.2, 0) is 12.8 Å². The minimum atomic E-state index is -0.229. The number of nitrogens with zero attached hydrogens (tertiary/aromatic N) is 3. The maximum Gasteiger partial charge on any atom is 0.318 e. The first-order valence-corrected chi connectivity index (χ1v) is 20.3. The molecule has 2 saturated heterocycles. The molecule has 0 bridgehead atoms. The molecule has 2 aliphatic heterocycles. The molecule has 4 amide bonds. The van der Waals surface area contributed by atoms with E-state index in [-0.39, 0.29) is 35.2 Å². The van der Waals surface area contributed by atoms with Crippen LogP contribution in [0.2, 0.25) is 0 Å². The fraction of sp³-hybridized carbons (Fsp3) is 0.447. The Morgan fingerprint density at radius 2 is 1.02 bits per heavy atom. The van der Waals surface area contributed by atoms with Crippen molar-refractivity contribution in [2.75, 3.05) is 46.3 Å². The number of urea groups is 2. The molecular weight excluding hydrogens is 681 g/mol. The fourth-order valence-electron chi connectivity index (χ4n) is 8.18. The van der Waals surface area contributed by atoms with Crippen LogP contribution in [-0.4, -0.2) is 84.2 Å². The average molecular weight is 745 g/mol. The summed E-state index contributed by atoms with van der Waals surface area (Å²) in [6.07, 6.45) is 6.26. The first-order valence-electron chi connectivity index (χ1n) is 20.3. The fourth-order valence-corrected chi connectivity index (χ4v) is 8.18. The van der Waals surface area contributed by atoms with E-state index in [1.807, 2.05) is 41.3 Å². The van der Waals surface area contributed by atoms with Crippen LogP contribution in [0.3, 0.4) is 0 Å². The van der Waals surface area contributed by atoms with Crippen molar-refractivity contribution in [1.82, 2.24) is 30.7 Å². The van der Waals surface area contributed by atoms with Gasteiger partial charge in [0.1, 0.15) is 0 Å². The molecule has 55 heavy (non-hydrogen) atoms. The Labute approximate surface area is 330 Å². The largest absolute Gasteiger partial charge is 0.338 e. The van der Waals surface area contributed by atoms with Gasteiger partial charge in [-0.2, -0.15) is 0 Å². The molecular formula is C47H64N6O2. The highest BCUT2D eigenvalue weighted by Gasteiger charge is 2.42. The van der Waals surface area contributed by atoms with Crippen molar-refractivity contribution in [1.29, 1.82) is 0 Å². The zero-order valence-corrected chi connectivity index (χ0v) is 33.8. The van der Waals surface area contributed by atoms with Gasteiger partial charge >= 0.3 is 12.1 Å². The third-order valence-corrected chi connectivity index (χ3v) is 10.8. The summed E-state index contributed by atoms with van der Waals surface area (Å²) in [5.74, 6) is 0. The normalized spacial score (nSPS) is 19.1. The van der Waals surface area contributed by atoms with Crippen molar-refractivity contribution in [3.8, 4) is 0 Å². The predicted molar refractivity (Wildman–Crippen MR) is 226 cm³/mol. The van der Waals surface area contributed by atoms with Crippen molar-refractivity contribution >= 4 is 12.1 Å². The van der Waals surface area contributed by atoms with Gasteiger partial charge in [0, 0.05) is 39.3 Å². The lowest BCUT2D eigenvalue weighted by molar-refractivity contribution is 0.0151. The van der Waals surface area contributed by atoms with Crippen molar-refractivity contribution in [2.45, 2.75) is 89.4 Å². The minimum absolute atomic E-state index is 0.0371. The molecule has 3 N–H and O–H groups in total. The van der Waals surface area contributed by atoms with E-state index >= 15 is 0 Å². The molecule has 2 aliphatic rings. The molecule has 0 spiro atoms. The number of amides is 4. The van der Waals surface area contributed by atoms with Gasteiger partial charge < -0.3 is 30.7 Å². The average Bonchev–Trinajstić information content (AvgIpc) is 3.18. The SMILES string of the molecule is CC1(C)CNCC(c2ccccc2)N1C(=O)NCCCCc1ccccc1.CN1CC(c2ccccc2)N(C(=O)NCCCCc2ccccc2)C(C)(C)C1. The van der Waals surface area contributed by atoms with Gasteiger partial charge in [0.05, 0.1) is 23.2 Å². The molecule has 0 aromatic heterocycles. The van der Waals surface area contributed by atoms with Gasteiger partial charge in [-0.25, -0.2) is 9.59 Å². The van der Waals surface area contributed by atoms with Gasteiger partial charge in [-0.05, 0) is 95.5 Å². The van der Waals surface area contributed by atoms with E-state index in [0.717, 1.165) is 71.2 Å². The van der Waals surface area contributed by atoms with Crippen LogP contribution in [0.5, 0.6) is 0 Å². The van der Waals surface area contributed by atoms with E-state index in [1.165, 1.54) is 22.3 Å². The number of hydrogen-bond acceptors (Lipinski definition) is 4. The summed E-state index contributed by atoms with van der Waals surface area (Å²) in [5, 5.41) is 9.81. The Hall–Kier alpha value is -4.66. The summed E-state index contributed by atoms with van der Waals surface area (Å²) < 4.78 is 0. The highest BCUT2D eigenvalue weighted by molar-refractivity contribution is 5.76. The maximum atomic E-state index is 13.1. The van der Waals surface area contributed by atoms with E-state index in [0.29, 0.717) is 6.54 Å². The third kappa shape index (κ3) is 12.2. The second-order valence-corrected chi connectivity index (χ2v) is 16.4. The van der Waals surface area contributed by atoms with Crippen LogP contribution in [0.4, 0.5) is 9.59 Å². The lowest BCUT2D eigenvalue weighted by Crippen LogP contribution is -2.63. The van der Waals surface area contributed by atoms with Gasteiger partial charge in [0.25, 0.3) is 0 Å². The van der Waals surface area contributed by atoms with Crippen molar-refractivity contribution in [3.63, 3.8) is 0 Å². The highest BCUT2D eigenvalue weighted by Crippen LogP contribution is 2.34. The summed E-state index contributed by atoms with van der Waals surface area (Å²) in [7, 11) is 2.14. The first kappa shape index (κ1) is 41.5. The van der Waals surface area contributed by atoms with Crippen LogP contribution < -0.4 is 16.0 Å². The van der Waals surface area contributed by atoms with Crippen LogP contribution in [0.15, 0.2) is 121 Å². The van der Waals surface area contributed by atoms with E-state index in [1.54, 1.807) is 0 Å². The Balaban J connectivity index is 0.000000211. The molecule has 0 saturated carbocycles. The Morgan fingerprint density at radius 3 is 1.49 bits per heavy atom. The quantitative estimate of drug-likeness (QED) is 0.127. The second kappa shape index (κ2) is 20.3. The van der Waals surface area contributed by atoms with Crippen molar-refractivity contribution in [2.24, 2.45) is 0 Å². The van der Waals surface area contributed by atoms with Gasteiger partial charge in [-0.3, -0.25) is 0 Å². The summed E-state index contributed by atoms with van der Waals surface area (Å²) in [6.45, 7) is 13.3. The molecule has 2 atom stereocenters. The lowest BCUT2D eigenvalue weighted by Gasteiger charge is -2.51. The number of unbranched alkanes of at least 4 members (excludes halogenated alkanes) is 2. The smallest absolute Gasteiger partial charge is 0.318 e. The monoisotopic (exact) mass is 745 g/mol. The summed E-state index contributed by atoms with van der Waals surface area (Å²) in [6, 6.07) is 41.9. The summed E-state index contributed by atoms with van der Waals surface area (Å²) in [5.41, 5.74) is 4.64. The number of hydrogen-bond donors (Lipinski definition) is 3. The molecule has 0 radical (unpaired) electrons. The van der Waals surface area contributed by atoms with Gasteiger partial charge in [-0.1, -0.05) is 121 Å². The predicted octanol–water partition coefficient (Wildman–Crippen LogP) is 8.63. The number of carbonyl (C=O) groups is 2. The summed E-state index contributed by atoms with van der Waals surface area (Å²) >= 11 is 0. The number of likely N-dealkylation sites (N-methyl/N-ethyl adjacent to an activating group) is 1. The van der Waals surface area contributed by atoms with E-state index in [9.17, 15) is 9.59 Å². The van der Waals surface area contributed by atoms with Crippen molar-refractivity contribution < 1.29 is 9.59 Å². The number of aryl methyl sites for hydroxylation is 2. The maximum absolute atomic E-state index is 13.1. The van der Waals surface area contributed by atoms with Crippen molar-refractivity contribution in [3.05, 3.63) is 144 Å². The number of carbonyl (C=O) groups excluding carboxylic acids is 2. The Kier molecular flexibility index (Phi) is 15.3. The number of piperazine rings is 2. The van der Waals surface area contributed by atoms with E-state index in [4.69, 9.17) is 0 Å². The molecule has 4 aromatic rings.